The number of carbonyl (C=O) groups excluding carboxylic acids is 2. The van der Waals surface area contributed by atoms with Crippen LogP contribution in [-0.2, 0) is 24.3 Å². The Balaban J connectivity index is 2.16. The summed E-state index contributed by atoms with van der Waals surface area (Å²) in [6.45, 7) is 0.155. The molecule has 2 saturated heterocycles. The smallest absolute Gasteiger partial charge is 0.309 e. The zero-order valence-corrected chi connectivity index (χ0v) is 11.7. The molecule has 2 atom stereocenters. The predicted molar refractivity (Wildman–Crippen MR) is 63.2 cm³/mol. The van der Waals surface area contributed by atoms with Gasteiger partial charge in [0.25, 0.3) is 5.91 Å². The van der Waals surface area contributed by atoms with Crippen molar-refractivity contribution in [3.63, 3.8) is 0 Å². The molecule has 2 aliphatic rings. The van der Waals surface area contributed by atoms with Crippen molar-refractivity contribution >= 4 is 22.3 Å². The molecule has 1 N–H and O–H groups in total. The molecule has 2 fully saturated rings. The quantitative estimate of drug-likeness (QED) is 0.523. The van der Waals surface area contributed by atoms with Crippen LogP contribution in [0.5, 0.6) is 0 Å². The van der Waals surface area contributed by atoms with Crippen LogP contribution in [0.15, 0.2) is 0 Å². The fourth-order valence-electron chi connectivity index (χ4n) is 2.39. The molecule has 0 aliphatic carbocycles. The SMILES string of the molecule is CON(C)C(=O)C1CCC2CN1C(=O)N2OS(=O)(=O)O. The van der Waals surface area contributed by atoms with Crippen LogP contribution in [0.25, 0.3) is 0 Å². The minimum absolute atomic E-state index is 0.155. The van der Waals surface area contributed by atoms with Crippen LogP contribution in [0.1, 0.15) is 12.8 Å². The molecule has 2 unspecified atom stereocenters. The number of likely N-dealkylation sites (N-methyl/N-ethyl adjacent to an activating group) is 1. The van der Waals surface area contributed by atoms with Gasteiger partial charge in [-0.25, -0.2) is 9.86 Å². The molecule has 0 aromatic rings. The van der Waals surface area contributed by atoms with E-state index in [4.69, 9.17) is 9.39 Å². The van der Waals surface area contributed by atoms with Crippen LogP contribution in [0, 0.1) is 0 Å². The third-order valence-corrected chi connectivity index (χ3v) is 3.72. The highest BCUT2D eigenvalue weighted by atomic mass is 32.3. The van der Waals surface area contributed by atoms with Crippen LogP contribution in [0.3, 0.4) is 0 Å². The molecule has 3 amide bonds. The first-order chi connectivity index (χ1) is 9.24. The molecule has 2 bridgehead atoms. The van der Waals surface area contributed by atoms with Gasteiger partial charge in [-0.1, -0.05) is 0 Å². The Bertz CT molecular complexity index is 522. The van der Waals surface area contributed by atoms with Crippen LogP contribution in [-0.4, -0.2) is 72.7 Å². The summed E-state index contributed by atoms with van der Waals surface area (Å²) in [5.41, 5.74) is 0. The van der Waals surface area contributed by atoms with Gasteiger partial charge in [-0.2, -0.15) is 13.5 Å². The van der Waals surface area contributed by atoms with Gasteiger partial charge in [0.05, 0.1) is 13.2 Å². The third kappa shape index (κ3) is 2.70. The summed E-state index contributed by atoms with van der Waals surface area (Å²) in [4.78, 5) is 30.0. The topological polar surface area (TPSA) is 117 Å². The number of amides is 3. The van der Waals surface area contributed by atoms with Gasteiger partial charge in [-0.05, 0) is 12.8 Å². The molecule has 11 heteroatoms. The van der Waals surface area contributed by atoms with Crippen LogP contribution in [0.2, 0.25) is 0 Å². The number of hydrogen-bond donors (Lipinski definition) is 1. The third-order valence-electron chi connectivity index (χ3n) is 3.37. The number of urea groups is 1. The first-order valence-electron chi connectivity index (χ1n) is 5.83. The molecule has 2 aliphatic heterocycles. The van der Waals surface area contributed by atoms with Crippen molar-refractivity contribution in [1.29, 1.82) is 0 Å². The molecular formula is C9H15N3O7S. The molecule has 10 nitrogen and oxygen atoms in total. The minimum atomic E-state index is -4.78. The van der Waals surface area contributed by atoms with E-state index in [1.54, 1.807) is 0 Å². The monoisotopic (exact) mass is 309 g/mol. The standard InChI is InChI=1S/C9H15N3O7S/c1-10(18-2)8(13)7-4-3-6-5-11(7)9(14)12(6)19-20(15,16)17/h6-7H,3-5H2,1-2H3,(H,15,16,17). The van der Waals surface area contributed by atoms with Gasteiger partial charge in [-0.3, -0.25) is 14.2 Å². The van der Waals surface area contributed by atoms with E-state index in [2.05, 4.69) is 4.28 Å². The zero-order chi connectivity index (χ0) is 15.1. The number of nitrogens with zero attached hydrogens (tertiary/aromatic N) is 3. The van der Waals surface area contributed by atoms with Crippen molar-refractivity contribution < 1.29 is 31.7 Å². The van der Waals surface area contributed by atoms with Gasteiger partial charge < -0.3 is 4.90 Å². The Labute approximate surface area is 115 Å². The second kappa shape index (κ2) is 5.16. The fraction of sp³-hybridized carbons (Fsp3) is 0.778. The average Bonchev–Trinajstić information content (AvgIpc) is 2.61. The van der Waals surface area contributed by atoms with Gasteiger partial charge in [-0.15, -0.1) is 4.28 Å². The lowest BCUT2D eigenvalue weighted by Crippen LogP contribution is -2.50. The lowest BCUT2D eigenvalue weighted by Gasteiger charge is -2.31. The number of hydrogen-bond acceptors (Lipinski definition) is 6. The lowest BCUT2D eigenvalue weighted by atomic mass is 10.0. The predicted octanol–water partition coefficient (Wildman–Crippen LogP) is -0.991. The van der Waals surface area contributed by atoms with Gasteiger partial charge in [0.2, 0.25) is 0 Å². The van der Waals surface area contributed by atoms with E-state index in [0.29, 0.717) is 17.9 Å². The van der Waals surface area contributed by atoms with E-state index in [9.17, 15) is 18.0 Å². The molecule has 0 aromatic heterocycles. The maximum Gasteiger partial charge on any atom is 0.418 e. The summed E-state index contributed by atoms with van der Waals surface area (Å²) < 4.78 is 34.3. The highest BCUT2D eigenvalue weighted by Crippen LogP contribution is 2.31. The molecule has 2 heterocycles. The molecule has 0 saturated carbocycles. The van der Waals surface area contributed by atoms with Crippen molar-refractivity contribution in [3.05, 3.63) is 0 Å². The van der Waals surface area contributed by atoms with Crippen molar-refractivity contribution in [2.24, 2.45) is 0 Å². The zero-order valence-electron chi connectivity index (χ0n) is 10.9. The van der Waals surface area contributed by atoms with E-state index in [-0.39, 0.29) is 6.54 Å². The Kier molecular flexibility index (Phi) is 3.86. The van der Waals surface area contributed by atoms with Crippen LogP contribution in [0.4, 0.5) is 4.79 Å². The number of hydroxylamine groups is 4. The highest BCUT2D eigenvalue weighted by Gasteiger charge is 2.49. The van der Waals surface area contributed by atoms with Crippen molar-refractivity contribution in [2.45, 2.75) is 24.9 Å². The normalized spacial score (nSPS) is 26.1. The average molecular weight is 309 g/mol. The molecule has 2 rings (SSSR count). The molecule has 0 radical (unpaired) electrons. The number of piperidine rings is 1. The Morgan fingerprint density at radius 3 is 2.65 bits per heavy atom. The van der Waals surface area contributed by atoms with Crippen LogP contribution >= 0.6 is 0 Å². The molecule has 0 aromatic carbocycles. The summed E-state index contributed by atoms with van der Waals surface area (Å²) >= 11 is 0. The number of fused-ring (bicyclic) bond motifs is 2. The van der Waals surface area contributed by atoms with Crippen LogP contribution < -0.4 is 0 Å². The minimum Gasteiger partial charge on any atom is -0.309 e. The maximum absolute atomic E-state index is 12.0. The Morgan fingerprint density at radius 1 is 1.45 bits per heavy atom. The maximum atomic E-state index is 12.0. The van der Waals surface area contributed by atoms with Gasteiger partial charge in [0, 0.05) is 13.6 Å². The molecule has 114 valence electrons. The number of carbonyl (C=O) groups is 2. The lowest BCUT2D eigenvalue weighted by molar-refractivity contribution is -0.174. The summed E-state index contributed by atoms with van der Waals surface area (Å²) in [6.07, 6.45) is 0.736. The van der Waals surface area contributed by atoms with E-state index < -0.39 is 34.4 Å². The second-order valence-electron chi connectivity index (χ2n) is 4.53. The van der Waals surface area contributed by atoms with E-state index in [1.165, 1.54) is 19.1 Å². The van der Waals surface area contributed by atoms with Gasteiger partial charge in [0.15, 0.2) is 0 Å². The Morgan fingerprint density at radius 2 is 2.10 bits per heavy atom. The summed E-state index contributed by atoms with van der Waals surface area (Å²) in [7, 11) is -2.04. The first-order valence-corrected chi connectivity index (χ1v) is 7.19. The molecular weight excluding hydrogens is 294 g/mol. The fourth-order valence-corrected chi connectivity index (χ4v) is 2.78. The Hall–Kier alpha value is -1.43. The van der Waals surface area contributed by atoms with E-state index in [0.717, 1.165) is 5.06 Å². The van der Waals surface area contributed by atoms with E-state index in [1.807, 2.05) is 0 Å². The highest BCUT2D eigenvalue weighted by molar-refractivity contribution is 7.80. The second-order valence-corrected chi connectivity index (χ2v) is 5.53. The van der Waals surface area contributed by atoms with Gasteiger partial charge >= 0.3 is 16.4 Å². The van der Waals surface area contributed by atoms with Crippen molar-refractivity contribution in [3.8, 4) is 0 Å². The molecule has 0 spiro atoms. The summed E-state index contributed by atoms with van der Waals surface area (Å²) in [5.74, 6) is -0.409. The summed E-state index contributed by atoms with van der Waals surface area (Å²) in [6, 6.07) is -2.02. The van der Waals surface area contributed by atoms with Gasteiger partial charge in [0.1, 0.15) is 6.04 Å². The number of rotatable bonds is 4. The first kappa shape index (κ1) is 15.0. The summed E-state index contributed by atoms with van der Waals surface area (Å²) in [5, 5.41) is 1.60. The largest absolute Gasteiger partial charge is 0.418 e. The van der Waals surface area contributed by atoms with Crippen molar-refractivity contribution in [1.82, 2.24) is 15.0 Å². The van der Waals surface area contributed by atoms with Crippen molar-refractivity contribution in [2.75, 3.05) is 20.7 Å². The van der Waals surface area contributed by atoms with E-state index >= 15 is 0 Å². The molecule has 20 heavy (non-hydrogen) atoms.